The Labute approximate surface area is 172 Å². The van der Waals surface area contributed by atoms with E-state index in [1.54, 1.807) is 45.9 Å². The lowest BCUT2D eigenvalue weighted by Gasteiger charge is -2.07. The van der Waals surface area contributed by atoms with Crippen LogP contribution in [0.2, 0.25) is 0 Å². The highest BCUT2D eigenvalue weighted by Crippen LogP contribution is 2.21. The van der Waals surface area contributed by atoms with E-state index in [-0.39, 0.29) is 11.5 Å². The number of carbonyl (C=O) groups is 1. The van der Waals surface area contributed by atoms with Crippen LogP contribution in [0.4, 0.5) is 0 Å². The number of rotatable bonds is 7. The quantitative estimate of drug-likeness (QED) is 0.512. The fourth-order valence-electron chi connectivity index (χ4n) is 3.12. The summed E-state index contributed by atoms with van der Waals surface area (Å²) < 4.78 is 8.59. The monoisotopic (exact) mass is 403 g/mol. The molecule has 1 aromatic carbocycles. The molecule has 0 fully saturated rings. The molecule has 0 saturated carbocycles. The predicted octanol–water partition coefficient (Wildman–Crippen LogP) is 2.39. The molecule has 0 saturated heterocycles. The van der Waals surface area contributed by atoms with Crippen LogP contribution >= 0.6 is 0 Å². The molecule has 0 aliphatic heterocycles. The lowest BCUT2D eigenvalue weighted by atomic mass is 10.1. The van der Waals surface area contributed by atoms with Crippen molar-refractivity contribution in [3.63, 3.8) is 0 Å². The topological polar surface area (TPSA) is 90.5 Å². The molecule has 0 aliphatic rings. The number of carbonyl (C=O) groups excluding carboxylic acids is 1. The van der Waals surface area contributed by atoms with Gasteiger partial charge in [0.2, 0.25) is 0 Å². The van der Waals surface area contributed by atoms with Crippen LogP contribution in [0.5, 0.6) is 5.75 Å². The van der Waals surface area contributed by atoms with Gasteiger partial charge in [-0.25, -0.2) is 4.52 Å². The Morgan fingerprint density at radius 1 is 1.17 bits per heavy atom. The van der Waals surface area contributed by atoms with E-state index in [0.717, 1.165) is 11.3 Å². The van der Waals surface area contributed by atoms with Gasteiger partial charge in [-0.05, 0) is 49.4 Å². The van der Waals surface area contributed by atoms with Gasteiger partial charge in [0.15, 0.2) is 0 Å². The summed E-state index contributed by atoms with van der Waals surface area (Å²) in [5.74, 6) is 0.570. The molecule has 0 atom stereocenters. The minimum Gasteiger partial charge on any atom is -0.494 e. The molecular weight excluding hydrogens is 382 g/mol. The van der Waals surface area contributed by atoms with Gasteiger partial charge in [0.25, 0.3) is 11.5 Å². The van der Waals surface area contributed by atoms with Crippen LogP contribution in [-0.4, -0.2) is 38.2 Å². The van der Waals surface area contributed by atoms with E-state index >= 15 is 0 Å². The lowest BCUT2D eigenvalue weighted by Crippen LogP contribution is -2.31. The van der Waals surface area contributed by atoms with Crippen molar-refractivity contribution in [2.24, 2.45) is 0 Å². The van der Waals surface area contributed by atoms with E-state index in [1.165, 1.54) is 6.20 Å². The molecule has 4 aromatic rings. The summed E-state index contributed by atoms with van der Waals surface area (Å²) in [6.07, 6.45) is 6.51. The Morgan fingerprint density at radius 2 is 2.00 bits per heavy atom. The molecule has 0 spiro atoms. The van der Waals surface area contributed by atoms with Gasteiger partial charge < -0.3 is 14.6 Å². The standard InChI is InChI=1S/C22H21N5O3/c1-2-30-18-7-5-16(6-8-18)19-14-20-22(29)26(12-13-27(20)25-19)11-10-24-21(28)17-4-3-9-23-15-17/h3-9,12-15H,2,10-11H2,1H3,(H,24,28). The molecule has 0 unspecified atom stereocenters. The highest BCUT2D eigenvalue weighted by Gasteiger charge is 2.10. The van der Waals surface area contributed by atoms with Crippen LogP contribution in [0, 0.1) is 0 Å². The van der Waals surface area contributed by atoms with Gasteiger partial charge in [0, 0.05) is 43.4 Å². The predicted molar refractivity (Wildman–Crippen MR) is 113 cm³/mol. The average molecular weight is 403 g/mol. The van der Waals surface area contributed by atoms with Gasteiger partial charge in [-0.1, -0.05) is 0 Å². The number of nitrogens with one attached hydrogen (secondary N) is 1. The molecule has 4 rings (SSSR count). The van der Waals surface area contributed by atoms with Crippen molar-refractivity contribution < 1.29 is 9.53 Å². The highest BCUT2D eigenvalue weighted by atomic mass is 16.5. The number of ether oxygens (including phenoxy) is 1. The summed E-state index contributed by atoms with van der Waals surface area (Å²) in [5, 5.41) is 7.29. The molecule has 8 heteroatoms. The Kier molecular flexibility index (Phi) is 5.56. The maximum absolute atomic E-state index is 12.8. The van der Waals surface area contributed by atoms with Crippen molar-refractivity contribution in [1.29, 1.82) is 0 Å². The van der Waals surface area contributed by atoms with Gasteiger partial charge in [0.1, 0.15) is 11.3 Å². The summed E-state index contributed by atoms with van der Waals surface area (Å²) in [7, 11) is 0. The van der Waals surface area contributed by atoms with Gasteiger partial charge in [-0.3, -0.25) is 14.6 Å². The molecule has 3 heterocycles. The van der Waals surface area contributed by atoms with Gasteiger partial charge in [-0.2, -0.15) is 5.10 Å². The van der Waals surface area contributed by atoms with Crippen molar-refractivity contribution in [2.45, 2.75) is 13.5 Å². The second-order valence-corrected chi connectivity index (χ2v) is 6.61. The van der Waals surface area contributed by atoms with E-state index in [4.69, 9.17) is 4.74 Å². The number of pyridine rings is 1. The van der Waals surface area contributed by atoms with Crippen molar-refractivity contribution in [2.75, 3.05) is 13.2 Å². The minimum absolute atomic E-state index is 0.169. The second kappa shape index (κ2) is 8.60. The fourth-order valence-corrected chi connectivity index (χ4v) is 3.12. The zero-order valence-electron chi connectivity index (χ0n) is 16.5. The summed E-state index contributed by atoms with van der Waals surface area (Å²) in [6.45, 7) is 3.22. The van der Waals surface area contributed by atoms with Crippen molar-refractivity contribution >= 4 is 11.4 Å². The highest BCUT2D eigenvalue weighted by molar-refractivity contribution is 5.93. The van der Waals surface area contributed by atoms with E-state index < -0.39 is 0 Å². The lowest BCUT2D eigenvalue weighted by molar-refractivity contribution is 0.0952. The van der Waals surface area contributed by atoms with Crippen LogP contribution < -0.4 is 15.6 Å². The first-order valence-electron chi connectivity index (χ1n) is 9.66. The Hall–Kier alpha value is -3.94. The van der Waals surface area contributed by atoms with E-state index in [1.807, 2.05) is 31.2 Å². The average Bonchev–Trinajstić information content (AvgIpc) is 3.22. The van der Waals surface area contributed by atoms with Gasteiger partial charge >= 0.3 is 0 Å². The Balaban J connectivity index is 1.48. The Morgan fingerprint density at radius 3 is 2.73 bits per heavy atom. The molecular formula is C22H21N5O3. The first-order chi connectivity index (χ1) is 14.7. The molecule has 0 aliphatic carbocycles. The summed E-state index contributed by atoms with van der Waals surface area (Å²) in [6, 6.07) is 12.8. The van der Waals surface area contributed by atoms with Crippen LogP contribution in [0.3, 0.4) is 0 Å². The SMILES string of the molecule is CCOc1ccc(-c2cc3c(=O)n(CCNC(=O)c4cccnc4)ccn3n2)cc1. The normalized spacial score (nSPS) is 10.8. The zero-order valence-corrected chi connectivity index (χ0v) is 16.5. The fraction of sp³-hybridized carbons (Fsp3) is 0.182. The minimum atomic E-state index is -0.223. The van der Waals surface area contributed by atoms with Crippen LogP contribution in [0.1, 0.15) is 17.3 Å². The van der Waals surface area contributed by atoms with Gasteiger partial charge in [0.05, 0.1) is 17.9 Å². The number of fused-ring (bicyclic) bond motifs is 1. The second-order valence-electron chi connectivity index (χ2n) is 6.61. The van der Waals surface area contributed by atoms with Crippen molar-refractivity contribution in [3.8, 4) is 17.0 Å². The van der Waals surface area contributed by atoms with Crippen LogP contribution in [-0.2, 0) is 6.54 Å². The number of benzene rings is 1. The number of amides is 1. The third kappa shape index (κ3) is 4.07. The van der Waals surface area contributed by atoms with Crippen LogP contribution in [0.15, 0.2) is 72.0 Å². The maximum Gasteiger partial charge on any atom is 0.276 e. The molecule has 1 N–H and O–H groups in total. The van der Waals surface area contributed by atoms with E-state index in [2.05, 4.69) is 15.4 Å². The van der Waals surface area contributed by atoms with E-state index in [9.17, 15) is 9.59 Å². The largest absolute Gasteiger partial charge is 0.494 e. The number of nitrogens with zero attached hydrogens (tertiary/aromatic N) is 4. The Bertz CT molecular complexity index is 1210. The maximum atomic E-state index is 12.8. The van der Waals surface area contributed by atoms with Crippen molar-refractivity contribution in [1.82, 2.24) is 24.5 Å². The first-order valence-corrected chi connectivity index (χ1v) is 9.66. The molecule has 1 amide bonds. The molecule has 30 heavy (non-hydrogen) atoms. The number of hydrogen-bond donors (Lipinski definition) is 1. The molecule has 8 nitrogen and oxygen atoms in total. The number of aromatic nitrogens is 4. The summed E-state index contributed by atoms with van der Waals surface area (Å²) in [5.41, 5.74) is 2.39. The smallest absolute Gasteiger partial charge is 0.276 e. The summed E-state index contributed by atoms with van der Waals surface area (Å²) >= 11 is 0. The molecule has 0 radical (unpaired) electrons. The van der Waals surface area contributed by atoms with E-state index in [0.29, 0.717) is 36.5 Å². The third-order valence-electron chi connectivity index (χ3n) is 4.63. The van der Waals surface area contributed by atoms with Crippen LogP contribution in [0.25, 0.3) is 16.8 Å². The molecule has 152 valence electrons. The number of hydrogen-bond acceptors (Lipinski definition) is 5. The summed E-state index contributed by atoms with van der Waals surface area (Å²) in [4.78, 5) is 28.8. The first kappa shape index (κ1) is 19.4. The zero-order chi connectivity index (χ0) is 20.9. The van der Waals surface area contributed by atoms with Gasteiger partial charge in [-0.15, -0.1) is 0 Å². The molecule has 0 bridgehead atoms. The molecule has 3 aromatic heterocycles. The van der Waals surface area contributed by atoms with Crippen molar-refractivity contribution in [3.05, 3.63) is 83.2 Å². The third-order valence-corrected chi connectivity index (χ3v) is 4.63.